The minimum Gasteiger partial charge on any atom is -0.494 e. The van der Waals surface area contributed by atoms with Crippen LogP contribution in [0.25, 0.3) is 0 Å². The van der Waals surface area contributed by atoms with E-state index in [4.69, 9.17) is 4.74 Å². The van der Waals surface area contributed by atoms with Crippen molar-refractivity contribution < 1.29 is 14.3 Å². The summed E-state index contributed by atoms with van der Waals surface area (Å²) in [4.78, 5) is 31.0. The van der Waals surface area contributed by atoms with Crippen molar-refractivity contribution in [2.45, 2.75) is 32.7 Å². The van der Waals surface area contributed by atoms with Crippen LogP contribution in [0.2, 0.25) is 0 Å². The number of carbonyl (C=O) groups excluding carboxylic acids is 2. The van der Waals surface area contributed by atoms with Gasteiger partial charge in [0.2, 0.25) is 0 Å². The van der Waals surface area contributed by atoms with Crippen molar-refractivity contribution >= 4 is 28.2 Å². The Hall–Kier alpha value is -3.19. The molecular formula is C23H23N3O3S. The standard InChI is InChI=1S/C23H23N3O3S/c1-2-29-17-10-8-16(9-11-17)21(27)26-23-20(18-6-3-7-19(18)30-23)22(28)25-14-15-5-4-12-24-13-15/h4-5,8-13H,2-3,6-7,14H2,1H3,(H,25,28)(H,26,27). The van der Waals surface area contributed by atoms with Crippen molar-refractivity contribution in [1.82, 2.24) is 10.3 Å². The number of hydrogen-bond donors (Lipinski definition) is 2. The van der Waals surface area contributed by atoms with Gasteiger partial charge < -0.3 is 15.4 Å². The second kappa shape index (κ2) is 9.09. The molecule has 0 radical (unpaired) electrons. The number of nitrogens with one attached hydrogen (secondary N) is 2. The highest BCUT2D eigenvalue weighted by Gasteiger charge is 2.27. The average Bonchev–Trinajstić information content (AvgIpc) is 3.34. The molecule has 2 heterocycles. The Morgan fingerprint density at radius 2 is 1.97 bits per heavy atom. The highest BCUT2D eigenvalue weighted by atomic mass is 32.1. The number of aromatic nitrogens is 1. The highest BCUT2D eigenvalue weighted by molar-refractivity contribution is 7.17. The van der Waals surface area contributed by atoms with Crippen molar-refractivity contribution in [3.05, 3.63) is 75.9 Å². The summed E-state index contributed by atoms with van der Waals surface area (Å²) in [6, 6.07) is 10.8. The number of amides is 2. The normalized spacial score (nSPS) is 12.3. The Bertz CT molecular complexity index is 1050. The zero-order chi connectivity index (χ0) is 20.9. The molecule has 6 nitrogen and oxygen atoms in total. The number of nitrogens with zero attached hydrogens (tertiary/aromatic N) is 1. The van der Waals surface area contributed by atoms with Crippen LogP contribution in [0.4, 0.5) is 5.00 Å². The molecule has 2 amide bonds. The molecule has 2 N–H and O–H groups in total. The Kier molecular flexibility index (Phi) is 6.09. The van der Waals surface area contributed by atoms with Crippen LogP contribution in [0.1, 0.15) is 50.1 Å². The molecule has 1 aromatic carbocycles. The summed E-state index contributed by atoms with van der Waals surface area (Å²) in [6.07, 6.45) is 6.28. The number of fused-ring (bicyclic) bond motifs is 1. The molecule has 0 saturated carbocycles. The summed E-state index contributed by atoms with van der Waals surface area (Å²) in [5.41, 5.74) is 3.10. The summed E-state index contributed by atoms with van der Waals surface area (Å²) in [5, 5.41) is 6.53. The number of thiophene rings is 1. The molecule has 1 aliphatic carbocycles. The average molecular weight is 422 g/mol. The third kappa shape index (κ3) is 4.36. The lowest BCUT2D eigenvalue weighted by molar-refractivity contribution is 0.0951. The van der Waals surface area contributed by atoms with Gasteiger partial charge in [-0.15, -0.1) is 11.3 Å². The second-order valence-corrected chi connectivity index (χ2v) is 8.12. The minimum atomic E-state index is -0.237. The smallest absolute Gasteiger partial charge is 0.256 e. The Labute approximate surface area is 179 Å². The van der Waals surface area contributed by atoms with E-state index in [-0.39, 0.29) is 11.8 Å². The predicted octanol–water partition coefficient (Wildman–Crippen LogP) is 4.21. The van der Waals surface area contributed by atoms with E-state index in [2.05, 4.69) is 15.6 Å². The summed E-state index contributed by atoms with van der Waals surface area (Å²) >= 11 is 1.50. The second-order valence-electron chi connectivity index (χ2n) is 7.02. The number of rotatable bonds is 7. The fourth-order valence-corrected chi connectivity index (χ4v) is 4.83. The van der Waals surface area contributed by atoms with E-state index in [9.17, 15) is 9.59 Å². The summed E-state index contributed by atoms with van der Waals surface area (Å²) in [5.74, 6) is 0.319. The van der Waals surface area contributed by atoms with Crippen LogP contribution >= 0.6 is 11.3 Å². The van der Waals surface area contributed by atoms with Crippen LogP contribution < -0.4 is 15.4 Å². The molecule has 0 atom stereocenters. The van der Waals surface area contributed by atoms with E-state index in [0.29, 0.717) is 29.3 Å². The van der Waals surface area contributed by atoms with Crippen molar-refractivity contribution in [3.63, 3.8) is 0 Å². The molecule has 4 rings (SSSR count). The number of benzene rings is 1. The van der Waals surface area contributed by atoms with E-state index in [1.807, 2.05) is 19.1 Å². The minimum absolute atomic E-state index is 0.166. The molecule has 0 aliphatic heterocycles. The number of pyridine rings is 1. The van der Waals surface area contributed by atoms with Crippen molar-refractivity contribution in [3.8, 4) is 5.75 Å². The molecule has 0 saturated heterocycles. The molecule has 0 spiro atoms. The van der Waals surface area contributed by atoms with Gasteiger partial charge in [-0.05, 0) is 67.6 Å². The number of hydrogen-bond acceptors (Lipinski definition) is 5. The van der Waals surface area contributed by atoms with E-state index in [1.165, 1.54) is 16.2 Å². The fraction of sp³-hybridized carbons (Fsp3) is 0.261. The summed E-state index contributed by atoms with van der Waals surface area (Å²) < 4.78 is 5.43. The van der Waals surface area contributed by atoms with Crippen LogP contribution in [0.5, 0.6) is 5.75 Å². The van der Waals surface area contributed by atoms with Crippen molar-refractivity contribution in [2.24, 2.45) is 0 Å². The Morgan fingerprint density at radius 3 is 2.70 bits per heavy atom. The van der Waals surface area contributed by atoms with Crippen molar-refractivity contribution in [2.75, 3.05) is 11.9 Å². The first-order chi connectivity index (χ1) is 14.7. The maximum atomic E-state index is 13.0. The first-order valence-electron chi connectivity index (χ1n) is 10.0. The van der Waals surface area contributed by atoms with Crippen LogP contribution in [-0.4, -0.2) is 23.4 Å². The van der Waals surface area contributed by atoms with Gasteiger partial charge in [0, 0.05) is 29.4 Å². The van der Waals surface area contributed by atoms with Gasteiger partial charge >= 0.3 is 0 Å². The SMILES string of the molecule is CCOc1ccc(C(=O)Nc2sc3c(c2C(=O)NCc2cccnc2)CCC3)cc1. The highest BCUT2D eigenvalue weighted by Crippen LogP contribution is 2.39. The first-order valence-corrected chi connectivity index (χ1v) is 10.8. The van der Waals surface area contributed by atoms with E-state index in [0.717, 1.165) is 36.1 Å². The molecule has 0 bridgehead atoms. The number of aryl methyl sites for hydroxylation is 1. The summed E-state index contributed by atoms with van der Waals surface area (Å²) in [6.45, 7) is 2.88. The van der Waals surface area contributed by atoms with Gasteiger partial charge in [0.05, 0.1) is 12.2 Å². The number of ether oxygens (including phenoxy) is 1. The third-order valence-corrected chi connectivity index (χ3v) is 6.19. The molecule has 2 aromatic heterocycles. The van der Waals surface area contributed by atoms with Gasteiger partial charge in [0.25, 0.3) is 11.8 Å². The maximum absolute atomic E-state index is 13.0. The van der Waals surface area contributed by atoms with Gasteiger partial charge in [-0.2, -0.15) is 0 Å². The molecule has 30 heavy (non-hydrogen) atoms. The van der Waals surface area contributed by atoms with E-state index >= 15 is 0 Å². The number of anilines is 1. The van der Waals surface area contributed by atoms with Crippen LogP contribution in [0.3, 0.4) is 0 Å². The monoisotopic (exact) mass is 421 g/mol. The van der Waals surface area contributed by atoms with Gasteiger partial charge in [0.15, 0.2) is 0 Å². The van der Waals surface area contributed by atoms with Gasteiger partial charge in [-0.25, -0.2) is 0 Å². The molecule has 7 heteroatoms. The van der Waals surface area contributed by atoms with E-state index < -0.39 is 0 Å². The lowest BCUT2D eigenvalue weighted by Gasteiger charge is -2.10. The topological polar surface area (TPSA) is 80.3 Å². The van der Waals surface area contributed by atoms with Crippen LogP contribution in [0.15, 0.2) is 48.8 Å². The molecule has 0 unspecified atom stereocenters. The molecule has 0 fully saturated rings. The summed E-state index contributed by atoms with van der Waals surface area (Å²) in [7, 11) is 0. The molecule has 154 valence electrons. The predicted molar refractivity (Wildman–Crippen MR) is 117 cm³/mol. The fourth-order valence-electron chi connectivity index (χ4n) is 3.55. The van der Waals surface area contributed by atoms with Gasteiger partial charge in [-0.3, -0.25) is 14.6 Å². The van der Waals surface area contributed by atoms with Gasteiger partial charge in [-0.1, -0.05) is 6.07 Å². The largest absolute Gasteiger partial charge is 0.494 e. The Balaban J connectivity index is 1.52. The van der Waals surface area contributed by atoms with Gasteiger partial charge in [0.1, 0.15) is 10.8 Å². The first kappa shape index (κ1) is 20.1. The quantitative estimate of drug-likeness (QED) is 0.599. The third-order valence-electron chi connectivity index (χ3n) is 4.98. The number of carbonyl (C=O) groups is 2. The molecule has 3 aromatic rings. The Morgan fingerprint density at radius 1 is 1.13 bits per heavy atom. The van der Waals surface area contributed by atoms with E-state index in [1.54, 1.807) is 36.7 Å². The van der Waals surface area contributed by atoms with Crippen LogP contribution in [0, 0.1) is 0 Å². The molecular weight excluding hydrogens is 398 g/mol. The lowest BCUT2D eigenvalue weighted by Crippen LogP contribution is -2.25. The zero-order valence-electron chi connectivity index (χ0n) is 16.7. The van der Waals surface area contributed by atoms with Crippen molar-refractivity contribution in [1.29, 1.82) is 0 Å². The van der Waals surface area contributed by atoms with Crippen LogP contribution in [-0.2, 0) is 19.4 Å². The molecule has 1 aliphatic rings. The lowest BCUT2D eigenvalue weighted by atomic mass is 10.1. The maximum Gasteiger partial charge on any atom is 0.256 e. The zero-order valence-corrected chi connectivity index (χ0v) is 17.6.